The predicted molar refractivity (Wildman–Crippen MR) is 69.6 cm³/mol. The van der Waals surface area contributed by atoms with E-state index in [1.54, 1.807) is 10.9 Å². The van der Waals surface area contributed by atoms with Gasteiger partial charge in [0.25, 0.3) is 6.20 Å². The van der Waals surface area contributed by atoms with E-state index < -0.39 is 0 Å². The van der Waals surface area contributed by atoms with E-state index in [4.69, 9.17) is 4.52 Å². The molecule has 0 aliphatic heterocycles. The maximum absolute atomic E-state index is 11.1. The molecule has 1 aromatic carbocycles. The Hall–Kier alpha value is -2.37. The molecule has 0 bridgehead atoms. The van der Waals surface area contributed by atoms with Gasteiger partial charge >= 0.3 is 11.9 Å². The molecule has 0 radical (unpaired) electrons. The summed E-state index contributed by atoms with van der Waals surface area (Å²) in [6, 6.07) is 9.96. The van der Waals surface area contributed by atoms with Crippen molar-refractivity contribution in [2.24, 2.45) is 0 Å². The first-order chi connectivity index (χ1) is 9.19. The highest BCUT2D eigenvalue weighted by molar-refractivity contribution is 5.87. The van der Waals surface area contributed by atoms with Crippen molar-refractivity contribution in [2.45, 2.75) is 19.4 Å². The smallest absolute Gasteiger partial charge is 0.321 e. The molecule has 0 saturated carbocycles. The normalized spacial score (nSPS) is 11.9. The van der Waals surface area contributed by atoms with Crippen molar-refractivity contribution >= 4 is 11.9 Å². The van der Waals surface area contributed by atoms with Gasteiger partial charge in [-0.25, -0.2) is 4.79 Å². The van der Waals surface area contributed by atoms with E-state index in [0.717, 1.165) is 6.42 Å². The van der Waals surface area contributed by atoms with Gasteiger partial charge in [0.05, 0.1) is 0 Å². The van der Waals surface area contributed by atoms with Gasteiger partial charge < -0.3 is 5.32 Å². The minimum Gasteiger partial charge on any atom is -0.341 e. The number of amides is 2. The second-order valence-electron chi connectivity index (χ2n) is 4.29. The molecule has 0 aliphatic carbocycles. The number of hydrogen-bond donors (Lipinski definition) is 2. The molecule has 0 saturated heterocycles. The summed E-state index contributed by atoms with van der Waals surface area (Å²) in [5, 5.41) is 8.87. The lowest BCUT2D eigenvalue weighted by Gasteiger charge is -2.01. The third-order valence-corrected chi connectivity index (χ3v) is 2.77. The highest BCUT2D eigenvalue weighted by Crippen LogP contribution is 2.09. The number of anilines is 1. The van der Waals surface area contributed by atoms with Crippen LogP contribution < -0.4 is 15.3 Å². The summed E-state index contributed by atoms with van der Waals surface area (Å²) < 4.78 is 6.73. The van der Waals surface area contributed by atoms with E-state index in [0.29, 0.717) is 5.88 Å². The molecule has 2 aromatic rings. The number of nitrogens with zero attached hydrogens (tertiary/aromatic N) is 2. The molecule has 2 rings (SSSR count). The van der Waals surface area contributed by atoms with E-state index in [-0.39, 0.29) is 12.1 Å². The Bertz CT molecular complexity index is 539. The molecule has 1 atom stereocenters. The number of benzene rings is 1. The summed E-state index contributed by atoms with van der Waals surface area (Å²) in [4.78, 5) is 11.1. The molecule has 0 fully saturated rings. The van der Waals surface area contributed by atoms with Gasteiger partial charge in [0, 0.05) is 20.4 Å². The van der Waals surface area contributed by atoms with Crippen molar-refractivity contribution in [3.05, 3.63) is 42.1 Å². The zero-order valence-electron chi connectivity index (χ0n) is 11.0. The first-order valence-corrected chi connectivity index (χ1v) is 6.10. The number of hydrogen-bond acceptors (Lipinski definition) is 3. The van der Waals surface area contributed by atoms with Crippen molar-refractivity contribution in [3.63, 3.8) is 0 Å². The Morgan fingerprint density at radius 3 is 2.84 bits per heavy atom. The summed E-state index contributed by atoms with van der Waals surface area (Å²) in [7, 11) is 1.54. The summed E-state index contributed by atoms with van der Waals surface area (Å²) >= 11 is 0. The molecular formula is C13H17N4O2+. The third kappa shape index (κ3) is 3.54. The highest BCUT2D eigenvalue weighted by atomic mass is 16.5. The molecule has 0 spiro atoms. The third-order valence-electron chi connectivity index (χ3n) is 2.77. The van der Waals surface area contributed by atoms with Crippen molar-refractivity contribution in [1.82, 2.24) is 10.6 Å². The van der Waals surface area contributed by atoms with Gasteiger partial charge in [-0.2, -0.15) is 0 Å². The minimum atomic E-state index is -0.334. The van der Waals surface area contributed by atoms with Crippen molar-refractivity contribution in [3.8, 4) is 0 Å². The van der Waals surface area contributed by atoms with Crippen molar-refractivity contribution in [1.29, 1.82) is 0 Å². The average molecular weight is 261 g/mol. The van der Waals surface area contributed by atoms with E-state index in [1.165, 1.54) is 12.6 Å². The zero-order valence-corrected chi connectivity index (χ0v) is 11.0. The highest BCUT2D eigenvalue weighted by Gasteiger charge is 2.20. The van der Waals surface area contributed by atoms with E-state index in [9.17, 15) is 4.79 Å². The van der Waals surface area contributed by atoms with Crippen LogP contribution in [0.15, 0.2) is 41.1 Å². The maximum atomic E-state index is 11.1. The molecule has 0 aliphatic rings. The van der Waals surface area contributed by atoms with Gasteiger partial charge in [-0.15, -0.1) is 0 Å². The number of carbonyl (C=O) groups excluding carboxylic acids is 1. The Morgan fingerprint density at radius 1 is 1.42 bits per heavy atom. The van der Waals surface area contributed by atoms with Crippen LogP contribution in [0.25, 0.3) is 0 Å². The first-order valence-electron chi connectivity index (χ1n) is 6.10. The maximum Gasteiger partial charge on any atom is 0.321 e. The van der Waals surface area contributed by atoms with Gasteiger partial charge in [0.15, 0.2) is 6.04 Å². The lowest BCUT2D eigenvalue weighted by atomic mass is 10.1. The second-order valence-corrected chi connectivity index (χ2v) is 4.29. The molecule has 0 unspecified atom stereocenters. The Kier molecular flexibility index (Phi) is 4.12. The van der Waals surface area contributed by atoms with Crippen LogP contribution in [0.2, 0.25) is 0 Å². The number of urea groups is 1. The van der Waals surface area contributed by atoms with Crippen LogP contribution in [0.5, 0.6) is 0 Å². The van der Waals surface area contributed by atoms with Crippen molar-refractivity contribution < 1.29 is 14.0 Å². The van der Waals surface area contributed by atoms with Crippen LogP contribution in [-0.2, 0) is 6.42 Å². The summed E-state index contributed by atoms with van der Waals surface area (Å²) in [6.07, 6.45) is 2.51. The monoisotopic (exact) mass is 261 g/mol. The average Bonchev–Trinajstić information content (AvgIpc) is 2.88. The summed E-state index contributed by atoms with van der Waals surface area (Å²) in [5.74, 6) is 0.319. The fraction of sp³-hybridized carbons (Fsp3) is 0.308. The fourth-order valence-electron chi connectivity index (χ4n) is 1.74. The zero-order chi connectivity index (χ0) is 13.7. The SMILES string of the molecule is CNC(=O)Nc1c[n+]([C@H](C)Cc2ccccc2)no1. The molecule has 6 nitrogen and oxygen atoms in total. The fourth-order valence-corrected chi connectivity index (χ4v) is 1.74. The van der Waals surface area contributed by atoms with Crippen LogP contribution in [0, 0.1) is 0 Å². The molecule has 100 valence electrons. The summed E-state index contributed by atoms with van der Waals surface area (Å²) in [5.41, 5.74) is 1.23. The molecule has 1 aromatic heterocycles. The first kappa shape index (κ1) is 13.1. The van der Waals surface area contributed by atoms with E-state index in [1.807, 2.05) is 25.1 Å². The molecular weight excluding hydrogens is 244 g/mol. The van der Waals surface area contributed by atoms with Gasteiger partial charge in [-0.05, 0) is 10.2 Å². The molecule has 2 amide bonds. The number of aromatic nitrogens is 2. The second kappa shape index (κ2) is 5.99. The largest absolute Gasteiger partial charge is 0.341 e. The van der Waals surface area contributed by atoms with Crippen LogP contribution in [-0.4, -0.2) is 18.4 Å². The number of rotatable bonds is 4. The molecule has 1 heterocycles. The van der Waals surface area contributed by atoms with Crippen molar-refractivity contribution in [2.75, 3.05) is 12.4 Å². The minimum absolute atomic E-state index is 0.145. The molecule has 19 heavy (non-hydrogen) atoms. The van der Waals surface area contributed by atoms with Gasteiger partial charge in [-0.1, -0.05) is 30.3 Å². The molecule has 6 heteroatoms. The van der Waals surface area contributed by atoms with Gasteiger partial charge in [-0.3, -0.25) is 9.84 Å². The van der Waals surface area contributed by atoms with E-state index >= 15 is 0 Å². The lowest BCUT2D eigenvalue weighted by Crippen LogP contribution is -2.40. The van der Waals surface area contributed by atoms with Crippen LogP contribution in [0.1, 0.15) is 18.5 Å². The predicted octanol–water partition coefficient (Wildman–Crippen LogP) is 1.52. The van der Waals surface area contributed by atoms with Crippen LogP contribution in [0.4, 0.5) is 10.7 Å². The Morgan fingerprint density at radius 2 is 2.16 bits per heavy atom. The Balaban J connectivity index is 2.00. The quantitative estimate of drug-likeness (QED) is 0.820. The lowest BCUT2D eigenvalue weighted by molar-refractivity contribution is -0.782. The van der Waals surface area contributed by atoms with E-state index in [2.05, 4.69) is 28.0 Å². The van der Waals surface area contributed by atoms with Gasteiger partial charge in [0.1, 0.15) is 0 Å². The van der Waals surface area contributed by atoms with Crippen LogP contribution >= 0.6 is 0 Å². The van der Waals surface area contributed by atoms with Gasteiger partial charge in [0.2, 0.25) is 5.27 Å². The molecule has 2 N–H and O–H groups in total. The number of carbonyl (C=O) groups is 1. The Labute approximate surface area is 111 Å². The topological polar surface area (TPSA) is 71.0 Å². The number of nitrogens with one attached hydrogen (secondary N) is 2. The summed E-state index contributed by atoms with van der Waals surface area (Å²) in [6.45, 7) is 2.04. The van der Waals surface area contributed by atoms with Crippen LogP contribution in [0.3, 0.4) is 0 Å². The standard InChI is InChI=1S/C13H16N4O2/c1-10(8-11-6-4-3-5-7-11)17-9-12(19-16-17)15-13(18)14-2/h3-7,9-10H,8H2,1-2H3,(H-,14,15,16,18)/p+1/t10-/m1/s1.